The molecule has 0 saturated carbocycles. The van der Waals surface area contributed by atoms with Crippen molar-refractivity contribution < 1.29 is 28.5 Å². The summed E-state index contributed by atoms with van der Waals surface area (Å²) in [6.45, 7) is 1.87. The molecule has 11 heteroatoms. The Morgan fingerprint density at radius 1 is 1.00 bits per heavy atom. The van der Waals surface area contributed by atoms with Crippen LogP contribution in [0.25, 0.3) is 11.2 Å². The average Bonchev–Trinajstić information content (AvgIpc) is 3.38. The number of nitrogens with two attached hydrogens (primary N) is 1. The lowest BCUT2D eigenvalue weighted by Gasteiger charge is -2.31. The van der Waals surface area contributed by atoms with Crippen LogP contribution in [-0.4, -0.2) is 62.8 Å². The molecule has 0 radical (unpaired) electrons. The number of carbonyl (C=O) groups is 1. The quantitative estimate of drug-likeness (QED) is 0.0657. The minimum Gasteiger partial charge on any atom is -0.434 e. The highest BCUT2D eigenvalue weighted by atomic mass is 19.1. The number of rotatable bonds is 23. The van der Waals surface area contributed by atoms with Crippen LogP contribution < -0.4 is 5.73 Å². The van der Waals surface area contributed by atoms with Crippen LogP contribution in [0.15, 0.2) is 6.33 Å². The van der Waals surface area contributed by atoms with Gasteiger partial charge in [0, 0.05) is 7.11 Å². The molecule has 2 aromatic heterocycles. The van der Waals surface area contributed by atoms with E-state index in [1.54, 1.807) is 0 Å². The molecule has 0 amide bonds. The minimum atomic E-state index is -1.68. The van der Waals surface area contributed by atoms with E-state index in [-0.39, 0.29) is 30.1 Å². The van der Waals surface area contributed by atoms with Gasteiger partial charge in [0.15, 0.2) is 17.1 Å². The van der Waals surface area contributed by atoms with Gasteiger partial charge in [-0.1, -0.05) is 109 Å². The summed E-state index contributed by atoms with van der Waals surface area (Å²) in [4.78, 5) is 23.3. The molecule has 10 nitrogen and oxygen atoms in total. The standard InChI is InChI=1S/C31H50FN5O5/c1-4-6-7-8-9-10-11-12-13-14-15-16-17-18-19-20-21-41-30(39)42-23-31(5-2,40-3)25(38)22-37-24-34-26-27(33)35-29(32)36-28(26)37/h2,24-25,38H,4,6-23H2,1,3H3,(H2,33,35,36)/t25-,31?/m0/s1. The van der Waals surface area contributed by atoms with Crippen molar-refractivity contribution in [1.29, 1.82) is 0 Å². The molecule has 0 aliphatic rings. The second-order valence-corrected chi connectivity index (χ2v) is 10.9. The van der Waals surface area contributed by atoms with Crippen LogP contribution in [-0.2, 0) is 20.8 Å². The molecule has 0 fully saturated rings. The maximum absolute atomic E-state index is 13.6. The van der Waals surface area contributed by atoms with Gasteiger partial charge in [0.2, 0.25) is 0 Å². The van der Waals surface area contributed by atoms with Crippen LogP contribution in [0, 0.1) is 18.4 Å². The lowest BCUT2D eigenvalue weighted by atomic mass is 9.98. The Morgan fingerprint density at radius 2 is 1.55 bits per heavy atom. The monoisotopic (exact) mass is 591 g/mol. The number of hydrogen-bond acceptors (Lipinski definition) is 9. The number of halogens is 1. The Labute approximate surface area is 249 Å². The second-order valence-electron chi connectivity index (χ2n) is 10.9. The zero-order valence-corrected chi connectivity index (χ0v) is 25.5. The van der Waals surface area contributed by atoms with Crippen molar-refractivity contribution in [3.05, 3.63) is 12.4 Å². The predicted molar refractivity (Wildman–Crippen MR) is 161 cm³/mol. The Kier molecular flexibility index (Phi) is 16.8. The molecule has 0 aliphatic carbocycles. The van der Waals surface area contributed by atoms with Gasteiger partial charge >= 0.3 is 12.2 Å². The maximum Gasteiger partial charge on any atom is 0.508 e. The highest BCUT2D eigenvalue weighted by Crippen LogP contribution is 2.21. The number of nitrogens with zero attached hydrogens (tertiary/aromatic N) is 4. The first-order valence-corrected chi connectivity index (χ1v) is 15.5. The highest BCUT2D eigenvalue weighted by Gasteiger charge is 2.39. The van der Waals surface area contributed by atoms with Crippen molar-refractivity contribution in [3.63, 3.8) is 0 Å². The van der Waals surface area contributed by atoms with Gasteiger partial charge in [0.05, 0.1) is 19.5 Å². The van der Waals surface area contributed by atoms with Gasteiger partial charge in [-0.15, -0.1) is 6.42 Å². The van der Waals surface area contributed by atoms with Gasteiger partial charge in [-0.25, -0.2) is 9.78 Å². The van der Waals surface area contributed by atoms with E-state index in [4.69, 9.17) is 26.4 Å². The summed E-state index contributed by atoms with van der Waals surface area (Å²) in [6.07, 6.45) is 23.9. The van der Waals surface area contributed by atoms with E-state index in [0.29, 0.717) is 0 Å². The van der Waals surface area contributed by atoms with Crippen molar-refractivity contribution in [2.24, 2.45) is 0 Å². The maximum atomic E-state index is 13.6. The number of aliphatic hydroxyl groups excluding tert-OH is 1. The van der Waals surface area contributed by atoms with Crippen molar-refractivity contribution in [2.45, 2.75) is 128 Å². The molecule has 2 rings (SSSR count). The number of unbranched alkanes of at least 4 members (excludes halogenated alkanes) is 15. The molecule has 0 aromatic carbocycles. The number of nitrogen functional groups attached to an aromatic ring is 1. The molecule has 2 heterocycles. The number of anilines is 1. The van der Waals surface area contributed by atoms with E-state index in [1.165, 1.54) is 101 Å². The number of hydrogen-bond donors (Lipinski definition) is 2. The molecule has 3 N–H and O–H groups in total. The molecule has 1 unspecified atom stereocenters. The van der Waals surface area contributed by atoms with E-state index in [2.05, 4.69) is 27.8 Å². The Hall–Kier alpha value is -2.97. The third-order valence-electron chi connectivity index (χ3n) is 7.60. The highest BCUT2D eigenvalue weighted by molar-refractivity contribution is 5.81. The largest absolute Gasteiger partial charge is 0.508 e. The van der Waals surface area contributed by atoms with Gasteiger partial charge in [-0.2, -0.15) is 14.4 Å². The van der Waals surface area contributed by atoms with Crippen LogP contribution in [0.2, 0.25) is 0 Å². The van der Waals surface area contributed by atoms with E-state index in [0.717, 1.165) is 19.3 Å². The molecule has 0 bridgehead atoms. The van der Waals surface area contributed by atoms with Crippen LogP contribution in [0.1, 0.15) is 110 Å². The zero-order chi connectivity index (χ0) is 30.6. The molecular formula is C31H50FN5O5. The Bertz CT molecular complexity index is 1090. The fourth-order valence-corrected chi connectivity index (χ4v) is 4.91. The Balaban J connectivity index is 1.56. The van der Waals surface area contributed by atoms with Crippen LogP contribution in [0.4, 0.5) is 15.0 Å². The number of methoxy groups -OCH3 is 1. The van der Waals surface area contributed by atoms with Crippen molar-refractivity contribution in [2.75, 3.05) is 26.1 Å². The first kappa shape index (κ1) is 35.2. The van der Waals surface area contributed by atoms with Crippen molar-refractivity contribution in [3.8, 4) is 12.3 Å². The van der Waals surface area contributed by atoms with Crippen molar-refractivity contribution in [1.82, 2.24) is 19.5 Å². The smallest absolute Gasteiger partial charge is 0.434 e. The first-order chi connectivity index (χ1) is 20.4. The molecule has 236 valence electrons. The van der Waals surface area contributed by atoms with Gasteiger partial charge in [-0.3, -0.25) is 0 Å². The summed E-state index contributed by atoms with van der Waals surface area (Å²) in [5.41, 5.74) is 4.27. The molecule has 0 spiro atoms. The molecule has 0 saturated heterocycles. The lowest BCUT2D eigenvalue weighted by Crippen LogP contribution is -2.49. The summed E-state index contributed by atoms with van der Waals surface area (Å²) in [7, 11) is 1.29. The van der Waals surface area contributed by atoms with E-state index in [1.807, 2.05) is 0 Å². The molecule has 42 heavy (non-hydrogen) atoms. The third-order valence-corrected chi connectivity index (χ3v) is 7.60. The number of terminal acetylenes is 1. The minimum absolute atomic E-state index is 0.0835. The summed E-state index contributed by atoms with van der Waals surface area (Å²) >= 11 is 0. The number of ether oxygens (including phenoxy) is 3. The number of carbonyl (C=O) groups excluding carboxylic acids is 1. The third kappa shape index (κ3) is 12.1. The van der Waals surface area contributed by atoms with Crippen molar-refractivity contribution >= 4 is 23.1 Å². The normalized spacial score (nSPS) is 13.5. The Morgan fingerprint density at radius 3 is 2.07 bits per heavy atom. The predicted octanol–water partition coefficient (Wildman–Crippen LogP) is 6.34. The molecule has 2 aromatic rings. The number of aromatic nitrogens is 4. The lowest BCUT2D eigenvalue weighted by molar-refractivity contribution is -0.103. The zero-order valence-electron chi connectivity index (χ0n) is 25.5. The molecular weight excluding hydrogens is 541 g/mol. The summed E-state index contributed by atoms with van der Waals surface area (Å²) in [5.74, 6) is 2.23. The first-order valence-electron chi connectivity index (χ1n) is 15.5. The van der Waals surface area contributed by atoms with E-state index >= 15 is 0 Å². The molecule has 2 atom stereocenters. The summed E-state index contributed by atoms with van der Waals surface area (Å²) < 4.78 is 30.7. The number of fused-ring (bicyclic) bond motifs is 1. The van der Waals surface area contributed by atoms with Gasteiger partial charge in [0.25, 0.3) is 0 Å². The van der Waals surface area contributed by atoms with Crippen LogP contribution >= 0.6 is 0 Å². The topological polar surface area (TPSA) is 135 Å². The number of imidazole rings is 1. The number of aliphatic hydroxyl groups is 1. The van der Waals surface area contributed by atoms with Gasteiger partial charge in [-0.05, 0) is 6.42 Å². The summed E-state index contributed by atoms with van der Waals surface area (Å²) in [5, 5.41) is 10.9. The van der Waals surface area contributed by atoms with E-state index < -0.39 is 30.5 Å². The van der Waals surface area contributed by atoms with Gasteiger partial charge in [0.1, 0.15) is 18.2 Å². The molecule has 0 aliphatic heterocycles. The second kappa shape index (κ2) is 20.0. The SMILES string of the molecule is C#CC(COC(=O)OCCCCCCCCCCCCCCCCCC)(OC)[C@@H](O)Cn1cnc2c(N)nc(F)nc21. The fourth-order valence-electron chi connectivity index (χ4n) is 4.91. The van der Waals surface area contributed by atoms with E-state index in [9.17, 15) is 14.3 Å². The average molecular weight is 592 g/mol. The van der Waals surface area contributed by atoms with Crippen LogP contribution in [0.3, 0.4) is 0 Å². The fraction of sp³-hybridized carbons (Fsp3) is 0.742. The summed E-state index contributed by atoms with van der Waals surface area (Å²) in [6, 6.07) is 0. The van der Waals surface area contributed by atoms with Crippen LogP contribution in [0.5, 0.6) is 0 Å². The van der Waals surface area contributed by atoms with Gasteiger partial charge < -0.3 is 29.6 Å².